The van der Waals surface area contributed by atoms with Crippen LogP contribution in [-0.2, 0) is 10.0 Å². The number of amides is 1. The van der Waals surface area contributed by atoms with Gasteiger partial charge in [0.05, 0.1) is 23.9 Å². The predicted octanol–water partition coefficient (Wildman–Crippen LogP) is 5.11. The summed E-state index contributed by atoms with van der Waals surface area (Å²) in [6.45, 7) is 0. The van der Waals surface area contributed by atoms with Crippen molar-refractivity contribution in [1.29, 1.82) is 0 Å². The van der Waals surface area contributed by atoms with Crippen LogP contribution in [0, 0.1) is 0 Å². The van der Waals surface area contributed by atoms with Crippen molar-refractivity contribution >= 4 is 27.8 Å². The molecular weight excluding hydrogens is 526 g/mol. The Morgan fingerprint density at radius 2 is 1.52 bits per heavy atom. The highest BCUT2D eigenvalue weighted by molar-refractivity contribution is 7.92. The number of carbonyl (C=O) groups excluding carboxylic acids is 1. The first kappa shape index (κ1) is 26.4. The van der Waals surface area contributed by atoms with E-state index in [-0.39, 0.29) is 4.90 Å². The molecule has 1 heterocycles. The summed E-state index contributed by atoms with van der Waals surface area (Å²) < 4.78 is 34.6. The fourth-order valence-corrected chi connectivity index (χ4v) is 4.98. The van der Waals surface area contributed by atoms with Crippen LogP contribution in [-0.4, -0.2) is 37.4 Å². The summed E-state index contributed by atoms with van der Waals surface area (Å²) in [5.41, 5.74) is 6.28. The van der Waals surface area contributed by atoms with Gasteiger partial charge in [-0.05, 0) is 72.8 Å². The molecule has 5 aromatic rings. The van der Waals surface area contributed by atoms with E-state index in [0.717, 1.165) is 17.0 Å². The number of benzene rings is 4. The van der Waals surface area contributed by atoms with Crippen molar-refractivity contribution in [3.8, 4) is 22.7 Å². The van der Waals surface area contributed by atoms with Crippen LogP contribution in [0.25, 0.3) is 16.9 Å². The lowest BCUT2D eigenvalue weighted by molar-refractivity contribution is 0.0955. The minimum Gasteiger partial charge on any atom is -0.497 e. The molecule has 40 heavy (non-hydrogen) atoms. The van der Waals surface area contributed by atoms with Gasteiger partial charge in [0.2, 0.25) is 0 Å². The summed E-state index contributed by atoms with van der Waals surface area (Å²) in [7, 11) is -2.12. The third-order valence-corrected chi connectivity index (χ3v) is 7.35. The maximum Gasteiger partial charge on any atom is 0.271 e. The predicted molar refractivity (Wildman–Crippen MR) is 154 cm³/mol. The first-order chi connectivity index (χ1) is 19.4. The topological polar surface area (TPSA) is 115 Å². The first-order valence-electron chi connectivity index (χ1n) is 12.2. The zero-order chi connectivity index (χ0) is 28.0. The normalized spacial score (nSPS) is 11.3. The van der Waals surface area contributed by atoms with Gasteiger partial charge < -0.3 is 4.74 Å². The van der Waals surface area contributed by atoms with Gasteiger partial charge in [-0.2, -0.15) is 10.2 Å². The number of ether oxygens (including phenoxy) is 1. The second-order valence-electron chi connectivity index (χ2n) is 8.64. The molecule has 0 bridgehead atoms. The van der Waals surface area contributed by atoms with Gasteiger partial charge >= 0.3 is 0 Å². The van der Waals surface area contributed by atoms with Gasteiger partial charge in [0.15, 0.2) is 0 Å². The monoisotopic (exact) mass is 551 g/mol. The molecule has 10 heteroatoms. The summed E-state index contributed by atoms with van der Waals surface area (Å²) >= 11 is 0. The number of carbonyl (C=O) groups is 1. The molecule has 0 atom stereocenters. The molecule has 2 N–H and O–H groups in total. The average molecular weight is 552 g/mol. The third-order valence-electron chi connectivity index (χ3n) is 5.95. The van der Waals surface area contributed by atoms with E-state index in [1.54, 1.807) is 30.0 Å². The van der Waals surface area contributed by atoms with Gasteiger partial charge in [-0.1, -0.05) is 36.4 Å². The summed E-state index contributed by atoms with van der Waals surface area (Å²) in [6, 6.07) is 31.3. The lowest BCUT2D eigenvalue weighted by Gasteiger charge is -2.08. The zero-order valence-electron chi connectivity index (χ0n) is 21.4. The van der Waals surface area contributed by atoms with Crippen LogP contribution in [0.1, 0.15) is 15.9 Å². The number of hydrogen-bond donors (Lipinski definition) is 2. The smallest absolute Gasteiger partial charge is 0.271 e. The Labute approximate surface area is 231 Å². The minimum absolute atomic E-state index is 0.149. The van der Waals surface area contributed by atoms with Gasteiger partial charge in [0, 0.05) is 28.6 Å². The van der Waals surface area contributed by atoms with E-state index in [0.29, 0.717) is 22.5 Å². The minimum atomic E-state index is -3.73. The molecule has 1 amide bonds. The number of rotatable bonds is 9. The molecule has 0 radical (unpaired) electrons. The van der Waals surface area contributed by atoms with Crippen molar-refractivity contribution in [1.82, 2.24) is 15.2 Å². The van der Waals surface area contributed by atoms with Crippen molar-refractivity contribution in [3.05, 3.63) is 127 Å². The fourth-order valence-electron chi connectivity index (χ4n) is 3.90. The molecular formula is C30H25N5O4S. The van der Waals surface area contributed by atoms with Crippen LogP contribution in [0.5, 0.6) is 5.75 Å². The molecule has 0 aliphatic carbocycles. The van der Waals surface area contributed by atoms with Crippen LogP contribution in [0.2, 0.25) is 0 Å². The summed E-state index contributed by atoms with van der Waals surface area (Å²) in [5, 5.41) is 8.89. The van der Waals surface area contributed by atoms with E-state index in [9.17, 15) is 13.2 Å². The van der Waals surface area contributed by atoms with Gasteiger partial charge in [-0.3, -0.25) is 9.52 Å². The molecule has 4 aromatic carbocycles. The van der Waals surface area contributed by atoms with E-state index in [2.05, 4.69) is 15.2 Å². The Hall–Kier alpha value is -5.22. The van der Waals surface area contributed by atoms with E-state index < -0.39 is 15.9 Å². The SMILES string of the molecule is COc1ccc(-c2nn(-c3ccccc3)cc2C=NNC(=O)c2ccc(NS(=O)(=O)c3ccccc3)cc2)cc1. The van der Waals surface area contributed by atoms with Crippen LogP contribution < -0.4 is 14.9 Å². The van der Waals surface area contributed by atoms with E-state index in [1.165, 1.54) is 42.6 Å². The molecule has 0 aliphatic heterocycles. The Kier molecular flexibility index (Phi) is 7.70. The Bertz CT molecular complexity index is 1730. The average Bonchev–Trinajstić information content (AvgIpc) is 3.42. The van der Waals surface area contributed by atoms with Crippen molar-refractivity contribution in [2.45, 2.75) is 4.90 Å². The number of anilines is 1. The standard InChI is InChI=1S/C30H25N5O4S/c1-39-27-18-14-22(15-19-27)29-24(21-35(33-29)26-8-4-2-5-9-26)20-31-32-30(36)23-12-16-25(17-13-23)34-40(37,38)28-10-6-3-7-11-28/h2-21,34H,1H3,(H,32,36). The van der Waals surface area contributed by atoms with E-state index in [1.807, 2.05) is 60.8 Å². The van der Waals surface area contributed by atoms with Crippen LogP contribution in [0.15, 0.2) is 125 Å². The number of sulfonamides is 1. The highest BCUT2D eigenvalue weighted by Crippen LogP contribution is 2.25. The van der Waals surface area contributed by atoms with Crippen LogP contribution in [0.4, 0.5) is 5.69 Å². The van der Waals surface area contributed by atoms with E-state index >= 15 is 0 Å². The lowest BCUT2D eigenvalue weighted by atomic mass is 10.1. The van der Waals surface area contributed by atoms with E-state index in [4.69, 9.17) is 9.84 Å². The number of nitrogens with zero attached hydrogens (tertiary/aromatic N) is 3. The number of methoxy groups -OCH3 is 1. The molecule has 9 nitrogen and oxygen atoms in total. The highest BCUT2D eigenvalue weighted by Gasteiger charge is 2.14. The quantitative estimate of drug-likeness (QED) is 0.195. The molecule has 0 aliphatic rings. The number of nitrogens with one attached hydrogen (secondary N) is 2. The Morgan fingerprint density at radius 1 is 0.875 bits per heavy atom. The molecule has 0 unspecified atom stereocenters. The molecule has 0 spiro atoms. The number of hydrazone groups is 1. The van der Waals surface area contributed by atoms with Gasteiger partial charge in [-0.15, -0.1) is 0 Å². The third kappa shape index (κ3) is 6.08. The van der Waals surface area contributed by atoms with Crippen LogP contribution in [0.3, 0.4) is 0 Å². The Balaban J connectivity index is 1.31. The first-order valence-corrected chi connectivity index (χ1v) is 13.7. The molecule has 0 saturated carbocycles. The lowest BCUT2D eigenvalue weighted by Crippen LogP contribution is -2.18. The van der Waals surface area contributed by atoms with Crippen molar-refractivity contribution in [2.75, 3.05) is 11.8 Å². The summed E-state index contributed by atoms with van der Waals surface area (Å²) in [5.74, 6) is 0.280. The Morgan fingerprint density at radius 3 is 2.17 bits per heavy atom. The highest BCUT2D eigenvalue weighted by atomic mass is 32.2. The number of para-hydroxylation sites is 1. The largest absolute Gasteiger partial charge is 0.497 e. The van der Waals surface area contributed by atoms with Gasteiger partial charge in [0.1, 0.15) is 11.4 Å². The molecule has 5 rings (SSSR count). The number of aromatic nitrogens is 2. The number of hydrogen-bond acceptors (Lipinski definition) is 6. The van der Waals surface area contributed by atoms with Crippen molar-refractivity contribution in [3.63, 3.8) is 0 Å². The van der Waals surface area contributed by atoms with Gasteiger partial charge in [-0.25, -0.2) is 18.5 Å². The molecule has 200 valence electrons. The van der Waals surface area contributed by atoms with Crippen molar-refractivity contribution in [2.24, 2.45) is 5.10 Å². The summed E-state index contributed by atoms with van der Waals surface area (Å²) in [6.07, 6.45) is 3.37. The molecule has 0 saturated heterocycles. The van der Waals surface area contributed by atoms with Crippen molar-refractivity contribution < 1.29 is 17.9 Å². The second-order valence-corrected chi connectivity index (χ2v) is 10.3. The second kappa shape index (κ2) is 11.7. The maximum absolute atomic E-state index is 12.7. The zero-order valence-corrected chi connectivity index (χ0v) is 22.2. The maximum atomic E-state index is 12.7. The van der Waals surface area contributed by atoms with Gasteiger partial charge in [0.25, 0.3) is 15.9 Å². The van der Waals surface area contributed by atoms with Crippen LogP contribution >= 0.6 is 0 Å². The summed E-state index contributed by atoms with van der Waals surface area (Å²) in [4.78, 5) is 12.9. The fraction of sp³-hybridized carbons (Fsp3) is 0.0333. The molecule has 1 aromatic heterocycles. The molecule has 0 fully saturated rings.